The van der Waals surface area contributed by atoms with Gasteiger partial charge >= 0.3 is 0 Å². The maximum Gasteiger partial charge on any atom is 0.257 e. The minimum absolute atomic E-state index is 0.224. The van der Waals surface area contributed by atoms with E-state index in [-0.39, 0.29) is 11.5 Å². The Bertz CT molecular complexity index is 805. The molecule has 0 atom stereocenters. The number of hydrogen-bond donors (Lipinski definition) is 2. The van der Waals surface area contributed by atoms with E-state index in [0.29, 0.717) is 11.3 Å². The lowest BCUT2D eigenvalue weighted by atomic mass is 10.2. The van der Waals surface area contributed by atoms with Gasteiger partial charge < -0.3 is 15.5 Å². The van der Waals surface area contributed by atoms with E-state index in [4.69, 9.17) is 5.73 Å². The van der Waals surface area contributed by atoms with Crippen LogP contribution in [0.5, 0.6) is 0 Å². The Morgan fingerprint density at radius 1 is 1.24 bits per heavy atom. The van der Waals surface area contributed by atoms with Crippen LogP contribution in [0.3, 0.4) is 0 Å². The molecule has 104 valence electrons. The van der Waals surface area contributed by atoms with Crippen molar-refractivity contribution < 1.29 is 9.59 Å². The zero-order valence-electron chi connectivity index (χ0n) is 11.0. The normalized spacial score (nSPS) is 10.5. The van der Waals surface area contributed by atoms with Crippen molar-refractivity contribution in [2.75, 3.05) is 5.32 Å². The summed E-state index contributed by atoms with van der Waals surface area (Å²) in [7, 11) is 0. The van der Waals surface area contributed by atoms with Crippen LogP contribution >= 0.6 is 0 Å². The number of nitrogens with zero attached hydrogens (tertiary/aromatic N) is 2. The maximum atomic E-state index is 12.3. The third-order valence-corrected chi connectivity index (χ3v) is 3.10. The first-order valence-corrected chi connectivity index (χ1v) is 6.27. The number of aromatic nitrogens is 2. The highest BCUT2D eigenvalue weighted by molar-refractivity contribution is 6.09. The van der Waals surface area contributed by atoms with Crippen LogP contribution in [0.1, 0.15) is 20.7 Å². The molecule has 3 aromatic rings. The van der Waals surface area contributed by atoms with Gasteiger partial charge in [-0.3, -0.25) is 14.6 Å². The van der Waals surface area contributed by atoms with E-state index in [0.717, 1.165) is 5.52 Å². The molecule has 3 heterocycles. The van der Waals surface area contributed by atoms with E-state index in [1.807, 2.05) is 28.8 Å². The molecule has 0 aliphatic heterocycles. The van der Waals surface area contributed by atoms with Gasteiger partial charge in [0.2, 0.25) is 0 Å². The molecule has 0 aliphatic rings. The fraction of sp³-hybridized carbons (Fsp3) is 0. The number of rotatable bonds is 3. The third-order valence-electron chi connectivity index (χ3n) is 3.10. The summed E-state index contributed by atoms with van der Waals surface area (Å²) in [5, 5.41) is 2.65. The van der Waals surface area contributed by atoms with Crippen LogP contribution in [0.4, 0.5) is 5.69 Å². The standard InChI is InChI=1S/C15H12N4O2/c16-14(20)12-4-5-17-8-13(12)18-15(21)10-7-11-3-1-2-6-19(11)9-10/h1-9H,(H2,16,20)(H,18,21). The first kappa shape index (κ1) is 12.9. The number of pyridine rings is 2. The van der Waals surface area contributed by atoms with Crippen molar-refractivity contribution in [3.63, 3.8) is 0 Å². The molecule has 0 aliphatic carbocycles. The largest absolute Gasteiger partial charge is 0.366 e. The molecular weight excluding hydrogens is 268 g/mol. The zero-order chi connectivity index (χ0) is 14.8. The molecular formula is C15H12N4O2. The maximum absolute atomic E-state index is 12.3. The smallest absolute Gasteiger partial charge is 0.257 e. The summed E-state index contributed by atoms with van der Waals surface area (Å²) in [5.74, 6) is -0.941. The topological polar surface area (TPSA) is 89.5 Å². The number of anilines is 1. The molecule has 21 heavy (non-hydrogen) atoms. The van der Waals surface area contributed by atoms with Crippen LogP contribution in [0.15, 0.2) is 55.1 Å². The molecule has 0 aromatic carbocycles. The molecule has 0 bridgehead atoms. The predicted molar refractivity (Wildman–Crippen MR) is 78.1 cm³/mol. The van der Waals surface area contributed by atoms with Gasteiger partial charge in [-0.05, 0) is 24.3 Å². The number of carbonyl (C=O) groups is 2. The van der Waals surface area contributed by atoms with Gasteiger partial charge in [0, 0.05) is 24.1 Å². The van der Waals surface area contributed by atoms with Gasteiger partial charge in [0.15, 0.2) is 0 Å². The van der Waals surface area contributed by atoms with E-state index in [9.17, 15) is 9.59 Å². The lowest BCUT2D eigenvalue weighted by molar-refractivity contribution is 0.100. The van der Waals surface area contributed by atoms with Gasteiger partial charge in [-0.25, -0.2) is 0 Å². The molecule has 3 rings (SSSR count). The van der Waals surface area contributed by atoms with Crippen LogP contribution in [-0.2, 0) is 0 Å². The highest BCUT2D eigenvalue weighted by atomic mass is 16.2. The molecule has 0 fully saturated rings. The number of carbonyl (C=O) groups excluding carboxylic acids is 2. The molecule has 6 nitrogen and oxygen atoms in total. The highest BCUT2D eigenvalue weighted by Gasteiger charge is 2.13. The lowest BCUT2D eigenvalue weighted by Gasteiger charge is -2.06. The second-order valence-electron chi connectivity index (χ2n) is 4.50. The van der Waals surface area contributed by atoms with Crippen LogP contribution in [0, 0.1) is 0 Å². The van der Waals surface area contributed by atoms with Gasteiger partial charge in [0.1, 0.15) is 0 Å². The fourth-order valence-electron chi connectivity index (χ4n) is 2.08. The van der Waals surface area contributed by atoms with Crippen molar-refractivity contribution in [2.24, 2.45) is 5.73 Å². The van der Waals surface area contributed by atoms with E-state index >= 15 is 0 Å². The molecule has 0 spiro atoms. The molecule has 0 saturated carbocycles. The molecule has 0 saturated heterocycles. The Balaban J connectivity index is 1.91. The van der Waals surface area contributed by atoms with Crippen LogP contribution < -0.4 is 11.1 Å². The monoisotopic (exact) mass is 280 g/mol. The fourth-order valence-corrected chi connectivity index (χ4v) is 2.08. The Kier molecular flexibility index (Phi) is 3.12. The van der Waals surface area contributed by atoms with Crippen molar-refractivity contribution in [1.82, 2.24) is 9.38 Å². The number of primary amides is 1. The molecule has 0 unspecified atom stereocenters. The number of amides is 2. The average Bonchev–Trinajstić information content (AvgIpc) is 2.91. The van der Waals surface area contributed by atoms with Crippen molar-refractivity contribution >= 4 is 23.0 Å². The number of nitrogens with two attached hydrogens (primary N) is 1. The van der Waals surface area contributed by atoms with Crippen molar-refractivity contribution in [1.29, 1.82) is 0 Å². The summed E-state index contributed by atoms with van der Waals surface area (Å²) in [5.41, 5.74) is 7.18. The minimum atomic E-state index is -0.616. The van der Waals surface area contributed by atoms with Crippen molar-refractivity contribution in [3.8, 4) is 0 Å². The second-order valence-corrected chi connectivity index (χ2v) is 4.50. The quantitative estimate of drug-likeness (QED) is 0.765. The van der Waals surface area contributed by atoms with Crippen molar-refractivity contribution in [3.05, 3.63) is 66.2 Å². The number of fused-ring (bicyclic) bond motifs is 1. The Morgan fingerprint density at radius 3 is 2.86 bits per heavy atom. The van der Waals surface area contributed by atoms with Gasteiger partial charge in [0.25, 0.3) is 11.8 Å². The predicted octanol–water partition coefficient (Wildman–Crippen LogP) is 1.69. The van der Waals surface area contributed by atoms with E-state index in [1.54, 1.807) is 12.3 Å². The summed E-state index contributed by atoms with van der Waals surface area (Å²) in [6.07, 6.45) is 6.41. The first-order chi connectivity index (χ1) is 10.1. The second kappa shape index (κ2) is 5.09. The Labute approximate surface area is 120 Å². The lowest BCUT2D eigenvalue weighted by Crippen LogP contribution is -2.18. The minimum Gasteiger partial charge on any atom is -0.366 e. The highest BCUT2D eigenvalue weighted by Crippen LogP contribution is 2.16. The summed E-state index contributed by atoms with van der Waals surface area (Å²) in [6.45, 7) is 0. The van der Waals surface area contributed by atoms with Gasteiger partial charge in [-0.1, -0.05) is 6.07 Å². The molecule has 3 N–H and O–H groups in total. The average molecular weight is 280 g/mol. The SMILES string of the molecule is NC(=O)c1ccncc1NC(=O)c1cc2ccccn2c1. The van der Waals surface area contributed by atoms with Crippen LogP contribution in [0.25, 0.3) is 5.52 Å². The summed E-state index contributed by atoms with van der Waals surface area (Å²) in [4.78, 5) is 27.5. The molecule has 2 amide bonds. The summed E-state index contributed by atoms with van der Waals surface area (Å²) in [6, 6.07) is 8.89. The zero-order valence-corrected chi connectivity index (χ0v) is 11.0. The van der Waals surface area contributed by atoms with Crippen molar-refractivity contribution in [2.45, 2.75) is 0 Å². The van der Waals surface area contributed by atoms with E-state index in [1.165, 1.54) is 18.5 Å². The third kappa shape index (κ3) is 2.46. The molecule has 6 heteroatoms. The van der Waals surface area contributed by atoms with Gasteiger partial charge in [0.05, 0.1) is 23.0 Å². The van der Waals surface area contributed by atoms with Gasteiger partial charge in [-0.15, -0.1) is 0 Å². The summed E-state index contributed by atoms with van der Waals surface area (Å²) >= 11 is 0. The van der Waals surface area contributed by atoms with Crippen LogP contribution in [-0.4, -0.2) is 21.2 Å². The van der Waals surface area contributed by atoms with Crippen LogP contribution in [0.2, 0.25) is 0 Å². The summed E-state index contributed by atoms with van der Waals surface area (Å²) < 4.78 is 1.84. The Hall–Kier alpha value is -3.15. The molecule has 0 radical (unpaired) electrons. The number of nitrogens with one attached hydrogen (secondary N) is 1. The van der Waals surface area contributed by atoms with E-state index in [2.05, 4.69) is 10.3 Å². The first-order valence-electron chi connectivity index (χ1n) is 6.27. The number of hydrogen-bond acceptors (Lipinski definition) is 3. The van der Waals surface area contributed by atoms with E-state index < -0.39 is 5.91 Å². The van der Waals surface area contributed by atoms with Gasteiger partial charge in [-0.2, -0.15) is 0 Å². The Morgan fingerprint density at radius 2 is 2.10 bits per heavy atom. The molecule has 3 aromatic heterocycles.